The molecule has 0 bridgehead atoms. The fourth-order valence-electron chi connectivity index (χ4n) is 2.60. The van der Waals surface area contributed by atoms with E-state index in [0.29, 0.717) is 28.6 Å². The molecule has 1 heterocycles. The number of carbonyl (C=O) groups excluding carboxylic acids is 2. The van der Waals surface area contributed by atoms with E-state index in [4.69, 9.17) is 23.2 Å². The van der Waals surface area contributed by atoms with Gasteiger partial charge in [0.25, 0.3) is 0 Å². The van der Waals surface area contributed by atoms with Crippen LogP contribution in [-0.2, 0) is 19.4 Å². The Hall–Kier alpha value is -1.57. The van der Waals surface area contributed by atoms with Crippen molar-refractivity contribution in [3.05, 3.63) is 39.9 Å². The maximum absolute atomic E-state index is 12.3. The van der Waals surface area contributed by atoms with E-state index < -0.39 is 9.84 Å². The van der Waals surface area contributed by atoms with Gasteiger partial charge in [-0.3, -0.25) is 9.59 Å². The Labute approximate surface area is 163 Å². The lowest BCUT2D eigenvalue weighted by Crippen LogP contribution is -2.44. The van der Waals surface area contributed by atoms with Crippen molar-refractivity contribution in [3.8, 4) is 0 Å². The second kappa shape index (κ2) is 8.88. The van der Waals surface area contributed by atoms with E-state index in [1.807, 2.05) is 0 Å². The first-order valence-electron chi connectivity index (χ1n) is 8.12. The highest BCUT2D eigenvalue weighted by atomic mass is 35.5. The summed E-state index contributed by atoms with van der Waals surface area (Å²) >= 11 is 11.9. The number of benzene rings is 1. The van der Waals surface area contributed by atoms with Crippen LogP contribution in [0.4, 0.5) is 0 Å². The maximum Gasteiger partial charge on any atom is 0.247 e. The summed E-state index contributed by atoms with van der Waals surface area (Å²) in [4.78, 5) is 25.7. The van der Waals surface area contributed by atoms with Crippen molar-refractivity contribution < 1.29 is 18.0 Å². The van der Waals surface area contributed by atoms with Gasteiger partial charge in [-0.15, -0.1) is 0 Å². The molecule has 0 unspecified atom stereocenters. The zero-order valence-corrected chi connectivity index (χ0v) is 16.6. The van der Waals surface area contributed by atoms with Crippen LogP contribution in [0.15, 0.2) is 24.3 Å². The lowest BCUT2D eigenvalue weighted by atomic mass is 10.2. The van der Waals surface area contributed by atoms with E-state index >= 15 is 0 Å². The van der Waals surface area contributed by atoms with Gasteiger partial charge in [0.1, 0.15) is 0 Å². The van der Waals surface area contributed by atoms with Gasteiger partial charge in [-0.05, 0) is 37.1 Å². The molecule has 2 rings (SSSR count). The van der Waals surface area contributed by atoms with Crippen LogP contribution in [0.5, 0.6) is 0 Å². The minimum Gasteiger partial charge on any atom is -0.351 e. The molecule has 1 aromatic rings. The highest BCUT2D eigenvalue weighted by Gasteiger charge is 2.29. The Kier molecular flexibility index (Phi) is 7.08. The summed E-state index contributed by atoms with van der Waals surface area (Å²) in [7, 11) is -3.07. The number of likely N-dealkylation sites (N-methyl/N-ethyl adjacent to an activating group) is 1. The van der Waals surface area contributed by atoms with E-state index in [-0.39, 0.29) is 35.9 Å². The second-order valence-corrected chi connectivity index (χ2v) is 9.09. The third-order valence-corrected chi connectivity index (χ3v) is 6.32. The average molecular weight is 419 g/mol. The van der Waals surface area contributed by atoms with Crippen molar-refractivity contribution in [1.29, 1.82) is 0 Å². The molecule has 1 aromatic carbocycles. The van der Waals surface area contributed by atoms with Crippen LogP contribution in [0.1, 0.15) is 18.9 Å². The smallest absolute Gasteiger partial charge is 0.247 e. The van der Waals surface area contributed by atoms with Gasteiger partial charge in [0.05, 0.1) is 18.1 Å². The summed E-state index contributed by atoms with van der Waals surface area (Å²) < 4.78 is 22.9. The van der Waals surface area contributed by atoms with Gasteiger partial charge in [-0.25, -0.2) is 8.42 Å². The average Bonchev–Trinajstić information content (AvgIpc) is 2.90. The van der Waals surface area contributed by atoms with Crippen LogP contribution in [0, 0.1) is 0 Å². The fourth-order valence-corrected chi connectivity index (χ4v) is 4.75. The molecule has 142 valence electrons. The molecular weight excluding hydrogens is 399 g/mol. The zero-order valence-electron chi connectivity index (χ0n) is 14.2. The van der Waals surface area contributed by atoms with Crippen molar-refractivity contribution in [2.24, 2.45) is 0 Å². The second-order valence-electron chi connectivity index (χ2n) is 6.02. The molecule has 1 aliphatic heterocycles. The number of hydrogen-bond acceptors (Lipinski definition) is 4. The number of sulfone groups is 1. The minimum atomic E-state index is -3.07. The van der Waals surface area contributed by atoms with Gasteiger partial charge in [0.2, 0.25) is 11.8 Å². The molecule has 1 fully saturated rings. The van der Waals surface area contributed by atoms with E-state index in [9.17, 15) is 18.0 Å². The summed E-state index contributed by atoms with van der Waals surface area (Å²) in [5.41, 5.74) is 0.640. The Bertz CT molecular complexity index is 824. The molecule has 2 amide bonds. The first kappa shape index (κ1) is 20.7. The van der Waals surface area contributed by atoms with Crippen molar-refractivity contribution >= 4 is 50.9 Å². The minimum absolute atomic E-state index is 0.0478. The Morgan fingerprint density at radius 2 is 2.08 bits per heavy atom. The van der Waals surface area contributed by atoms with E-state index in [1.165, 1.54) is 11.0 Å². The van der Waals surface area contributed by atoms with Gasteiger partial charge in [0, 0.05) is 28.7 Å². The molecule has 1 atom stereocenters. The van der Waals surface area contributed by atoms with Gasteiger partial charge in [-0.2, -0.15) is 0 Å². The number of amides is 2. The van der Waals surface area contributed by atoms with Crippen LogP contribution < -0.4 is 5.32 Å². The highest BCUT2D eigenvalue weighted by Crippen LogP contribution is 2.22. The fraction of sp³-hybridized carbons (Fsp3) is 0.412. The number of nitrogens with zero attached hydrogens (tertiary/aromatic N) is 1. The normalized spacial score (nSPS) is 18.8. The molecule has 0 spiro atoms. The third-order valence-electron chi connectivity index (χ3n) is 3.99. The summed E-state index contributed by atoms with van der Waals surface area (Å²) in [6, 6.07) is 4.55. The molecule has 0 saturated carbocycles. The van der Waals surface area contributed by atoms with E-state index in [2.05, 4.69) is 5.32 Å². The van der Waals surface area contributed by atoms with Crippen LogP contribution in [0.3, 0.4) is 0 Å². The Balaban J connectivity index is 1.93. The molecular formula is C17H20Cl2N2O4S. The lowest BCUT2D eigenvalue weighted by Gasteiger charge is -2.20. The third kappa shape index (κ3) is 6.00. The predicted molar refractivity (Wildman–Crippen MR) is 103 cm³/mol. The molecule has 0 aromatic heterocycles. The topological polar surface area (TPSA) is 83.6 Å². The summed E-state index contributed by atoms with van der Waals surface area (Å²) in [6.45, 7) is 1.97. The van der Waals surface area contributed by atoms with Crippen molar-refractivity contribution in [3.63, 3.8) is 0 Å². The first-order valence-corrected chi connectivity index (χ1v) is 10.7. The summed E-state index contributed by atoms with van der Waals surface area (Å²) in [5, 5.41) is 3.59. The molecule has 0 aliphatic carbocycles. The number of nitrogens with one attached hydrogen (secondary N) is 1. The van der Waals surface area contributed by atoms with Crippen molar-refractivity contribution in [2.75, 3.05) is 24.6 Å². The monoisotopic (exact) mass is 418 g/mol. The molecule has 1 aliphatic rings. The summed E-state index contributed by atoms with van der Waals surface area (Å²) in [6.07, 6.45) is 3.31. The predicted octanol–water partition coefficient (Wildman–Crippen LogP) is 2.16. The zero-order chi connectivity index (χ0) is 19.3. The molecule has 9 heteroatoms. The number of rotatable bonds is 6. The van der Waals surface area contributed by atoms with Gasteiger partial charge < -0.3 is 10.2 Å². The molecule has 6 nitrogen and oxygen atoms in total. The standard InChI is InChI=1S/C17H20Cl2N2O4S/c1-2-21(10-16(22)20-14-7-8-26(24,25)11-14)17(23)6-4-12-3-5-13(18)9-15(12)19/h3-6,9,14H,2,7-8,10-11H2,1H3,(H,20,22)/b6-4+/t14-/m1/s1. The van der Waals surface area contributed by atoms with Crippen LogP contribution >= 0.6 is 23.2 Å². The molecule has 1 N–H and O–H groups in total. The first-order chi connectivity index (χ1) is 12.2. The maximum atomic E-state index is 12.3. The molecule has 0 radical (unpaired) electrons. The molecule has 1 saturated heterocycles. The lowest BCUT2D eigenvalue weighted by molar-refractivity contribution is -0.132. The number of hydrogen-bond donors (Lipinski definition) is 1. The van der Waals surface area contributed by atoms with E-state index in [0.717, 1.165) is 0 Å². The Morgan fingerprint density at radius 3 is 2.65 bits per heavy atom. The number of carbonyl (C=O) groups is 2. The SMILES string of the molecule is CCN(CC(=O)N[C@@H]1CCS(=O)(=O)C1)C(=O)/C=C/c1ccc(Cl)cc1Cl. The van der Waals surface area contributed by atoms with Gasteiger partial charge >= 0.3 is 0 Å². The van der Waals surface area contributed by atoms with Gasteiger partial charge in [0.15, 0.2) is 9.84 Å². The van der Waals surface area contributed by atoms with Crippen molar-refractivity contribution in [1.82, 2.24) is 10.2 Å². The largest absolute Gasteiger partial charge is 0.351 e. The Morgan fingerprint density at radius 1 is 1.35 bits per heavy atom. The quantitative estimate of drug-likeness (QED) is 0.717. The highest BCUT2D eigenvalue weighted by molar-refractivity contribution is 7.91. The molecule has 26 heavy (non-hydrogen) atoms. The van der Waals surface area contributed by atoms with Crippen molar-refractivity contribution in [2.45, 2.75) is 19.4 Å². The van der Waals surface area contributed by atoms with Crippen LogP contribution in [0.2, 0.25) is 10.0 Å². The summed E-state index contributed by atoms with van der Waals surface area (Å²) in [5.74, 6) is -0.680. The van der Waals surface area contributed by atoms with Crippen LogP contribution in [-0.4, -0.2) is 55.8 Å². The number of halogens is 2. The van der Waals surface area contributed by atoms with Crippen LogP contribution in [0.25, 0.3) is 6.08 Å². The van der Waals surface area contributed by atoms with Gasteiger partial charge in [-0.1, -0.05) is 29.3 Å². The van der Waals surface area contributed by atoms with E-state index in [1.54, 1.807) is 31.2 Å².